The lowest BCUT2D eigenvalue weighted by atomic mass is 10.3. The third-order valence-corrected chi connectivity index (χ3v) is 4.32. The molecule has 1 N–H and O–H groups in total. The maximum atomic E-state index is 13.6. The smallest absolute Gasteiger partial charge is 0.262 e. The summed E-state index contributed by atoms with van der Waals surface area (Å²) in [6.45, 7) is 1.63. The standard InChI is InChI=1S/C14H10F2N2O3S/c1-8-17-12-7-9(5-6-13(12)21-8)22(19,20)18-14-10(15)3-2-4-11(14)16/h2-7,18H,1H3. The van der Waals surface area contributed by atoms with Gasteiger partial charge < -0.3 is 4.42 Å². The van der Waals surface area contributed by atoms with Crippen LogP contribution in [-0.2, 0) is 10.0 Å². The average Bonchev–Trinajstić information content (AvgIpc) is 2.82. The highest BCUT2D eigenvalue weighted by atomic mass is 32.2. The number of halogens is 2. The first-order valence-electron chi connectivity index (χ1n) is 6.21. The molecule has 0 saturated heterocycles. The average molecular weight is 324 g/mol. The van der Waals surface area contributed by atoms with Gasteiger partial charge in [0.2, 0.25) is 0 Å². The molecular weight excluding hydrogens is 314 g/mol. The van der Waals surface area contributed by atoms with E-state index in [1.807, 2.05) is 4.72 Å². The van der Waals surface area contributed by atoms with E-state index in [-0.39, 0.29) is 4.90 Å². The molecule has 0 fully saturated rings. The van der Waals surface area contributed by atoms with Gasteiger partial charge in [0.05, 0.1) is 4.90 Å². The molecule has 0 unspecified atom stereocenters. The molecule has 1 heterocycles. The molecule has 0 amide bonds. The quantitative estimate of drug-likeness (QED) is 0.803. The second-order valence-electron chi connectivity index (χ2n) is 4.56. The summed E-state index contributed by atoms with van der Waals surface area (Å²) in [5.41, 5.74) is 0.0434. The Morgan fingerprint density at radius 2 is 1.82 bits per heavy atom. The number of nitrogens with one attached hydrogen (secondary N) is 1. The molecule has 3 rings (SSSR count). The lowest BCUT2D eigenvalue weighted by Crippen LogP contribution is -2.15. The predicted octanol–water partition coefficient (Wildman–Crippen LogP) is 3.22. The topological polar surface area (TPSA) is 72.2 Å². The van der Waals surface area contributed by atoms with E-state index in [2.05, 4.69) is 4.98 Å². The Balaban J connectivity index is 2.04. The van der Waals surface area contributed by atoms with Gasteiger partial charge >= 0.3 is 0 Å². The third kappa shape index (κ3) is 2.52. The Labute approximate surface area is 124 Å². The van der Waals surface area contributed by atoms with Crippen molar-refractivity contribution in [1.29, 1.82) is 0 Å². The number of rotatable bonds is 3. The molecule has 0 bridgehead atoms. The van der Waals surface area contributed by atoms with Crippen molar-refractivity contribution in [3.63, 3.8) is 0 Å². The molecule has 114 valence electrons. The van der Waals surface area contributed by atoms with Crippen LogP contribution in [0.2, 0.25) is 0 Å². The van der Waals surface area contributed by atoms with Crippen molar-refractivity contribution >= 4 is 26.8 Å². The van der Waals surface area contributed by atoms with Crippen molar-refractivity contribution in [2.75, 3.05) is 4.72 Å². The third-order valence-electron chi connectivity index (χ3n) is 2.98. The zero-order valence-corrected chi connectivity index (χ0v) is 12.1. The Bertz CT molecular complexity index is 947. The number of nitrogens with zero attached hydrogens (tertiary/aromatic N) is 1. The minimum Gasteiger partial charge on any atom is -0.441 e. The van der Waals surface area contributed by atoms with Crippen LogP contribution >= 0.6 is 0 Å². The van der Waals surface area contributed by atoms with E-state index in [0.29, 0.717) is 17.0 Å². The summed E-state index contributed by atoms with van der Waals surface area (Å²) >= 11 is 0. The number of anilines is 1. The van der Waals surface area contributed by atoms with Gasteiger partial charge in [0.15, 0.2) is 11.5 Å². The van der Waals surface area contributed by atoms with Crippen LogP contribution in [0.5, 0.6) is 0 Å². The Hall–Kier alpha value is -2.48. The Kier molecular flexibility index (Phi) is 3.32. The van der Waals surface area contributed by atoms with Gasteiger partial charge in [0.25, 0.3) is 10.0 Å². The number of oxazole rings is 1. The van der Waals surface area contributed by atoms with E-state index in [9.17, 15) is 17.2 Å². The zero-order chi connectivity index (χ0) is 15.9. The molecule has 3 aromatic rings. The van der Waals surface area contributed by atoms with Gasteiger partial charge in [-0.15, -0.1) is 0 Å². The van der Waals surface area contributed by atoms with Crippen molar-refractivity contribution in [2.45, 2.75) is 11.8 Å². The minimum absolute atomic E-state index is 0.170. The van der Waals surface area contributed by atoms with Crippen molar-refractivity contribution in [3.8, 4) is 0 Å². The lowest BCUT2D eigenvalue weighted by molar-refractivity contribution is 0.561. The van der Waals surface area contributed by atoms with Gasteiger partial charge in [-0.2, -0.15) is 0 Å². The van der Waals surface area contributed by atoms with Gasteiger partial charge in [-0.05, 0) is 30.3 Å². The number of aromatic nitrogens is 1. The highest BCUT2D eigenvalue weighted by Gasteiger charge is 2.20. The first-order chi connectivity index (χ1) is 10.4. The van der Waals surface area contributed by atoms with Crippen molar-refractivity contribution < 1.29 is 21.6 Å². The van der Waals surface area contributed by atoms with E-state index < -0.39 is 27.3 Å². The molecule has 5 nitrogen and oxygen atoms in total. The highest BCUT2D eigenvalue weighted by Crippen LogP contribution is 2.24. The fourth-order valence-electron chi connectivity index (χ4n) is 1.98. The summed E-state index contributed by atoms with van der Waals surface area (Å²) in [4.78, 5) is 3.85. The summed E-state index contributed by atoms with van der Waals surface area (Å²) in [5, 5.41) is 0. The summed E-state index contributed by atoms with van der Waals surface area (Å²) in [5.74, 6) is -1.61. The van der Waals surface area contributed by atoms with Crippen LogP contribution in [-0.4, -0.2) is 13.4 Å². The largest absolute Gasteiger partial charge is 0.441 e. The summed E-state index contributed by atoms with van der Waals surface area (Å²) in [6.07, 6.45) is 0. The van der Waals surface area contributed by atoms with E-state index in [4.69, 9.17) is 4.42 Å². The van der Waals surface area contributed by atoms with Crippen LogP contribution in [0.15, 0.2) is 45.7 Å². The van der Waals surface area contributed by atoms with Crippen molar-refractivity contribution in [2.24, 2.45) is 0 Å². The first kappa shape index (κ1) is 14.5. The number of sulfonamides is 1. The molecule has 22 heavy (non-hydrogen) atoms. The number of aryl methyl sites for hydroxylation is 1. The molecule has 1 aromatic heterocycles. The van der Waals surface area contributed by atoms with Crippen LogP contribution in [0.4, 0.5) is 14.5 Å². The Morgan fingerprint density at radius 1 is 1.14 bits per heavy atom. The normalized spacial score (nSPS) is 11.8. The maximum absolute atomic E-state index is 13.6. The number of para-hydroxylation sites is 1. The minimum atomic E-state index is -4.15. The predicted molar refractivity (Wildman–Crippen MR) is 75.9 cm³/mol. The maximum Gasteiger partial charge on any atom is 0.262 e. The zero-order valence-electron chi connectivity index (χ0n) is 11.3. The Morgan fingerprint density at radius 3 is 2.50 bits per heavy atom. The fraction of sp³-hybridized carbons (Fsp3) is 0.0714. The molecule has 0 spiro atoms. The number of benzene rings is 2. The van der Waals surface area contributed by atoms with Crippen LogP contribution < -0.4 is 4.72 Å². The summed E-state index contributed by atoms with van der Waals surface area (Å²) < 4.78 is 58.8. The first-order valence-corrected chi connectivity index (χ1v) is 7.69. The van der Waals surface area contributed by atoms with Crippen LogP contribution in [0, 0.1) is 18.6 Å². The summed E-state index contributed by atoms with van der Waals surface area (Å²) in [7, 11) is -4.15. The molecule has 0 aliphatic rings. The van der Waals surface area contributed by atoms with E-state index in [0.717, 1.165) is 18.2 Å². The van der Waals surface area contributed by atoms with E-state index >= 15 is 0 Å². The van der Waals surface area contributed by atoms with Crippen molar-refractivity contribution in [1.82, 2.24) is 4.98 Å². The number of hydrogen-bond donors (Lipinski definition) is 1. The van der Waals surface area contributed by atoms with Crippen LogP contribution in [0.25, 0.3) is 11.1 Å². The molecule has 8 heteroatoms. The van der Waals surface area contributed by atoms with Crippen LogP contribution in [0.3, 0.4) is 0 Å². The SMILES string of the molecule is Cc1nc2cc(S(=O)(=O)Nc3c(F)cccc3F)ccc2o1. The van der Waals surface area contributed by atoms with E-state index in [1.54, 1.807) is 6.92 Å². The summed E-state index contributed by atoms with van der Waals surface area (Å²) in [6, 6.07) is 7.05. The van der Waals surface area contributed by atoms with Gasteiger partial charge in [-0.1, -0.05) is 6.07 Å². The fourth-order valence-corrected chi connectivity index (χ4v) is 3.07. The molecular formula is C14H10F2N2O3S. The van der Waals surface area contributed by atoms with Gasteiger partial charge in [0.1, 0.15) is 22.8 Å². The molecule has 0 radical (unpaired) electrons. The molecule has 2 aromatic carbocycles. The van der Waals surface area contributed by atoms with Gasteiger partial charge in [-0.25, -0.2) is 22.2 Å². The van der Waals surface area contributed by atoms with Crippen molar-refractivity contribution in [3.05, 3.63) is 53.9 Å². The molecule has 0 aliphatic heterocycles. The monoisotopic (exact) mass is 324 g/mol. The highest BCUT2D eigenvalue weighted by molar-refractivity contribution is 7.92. The number of hydrogen-bond acceptors (Lipinski definition) is 4. The van der Waals surface area contributed by atoms with E-state index in [1.165, 1.54) is 18.2 Å². The van der Waals surface area contributed by atoms with Crippen LogP contribution in [0.1, 0.15) is 5.89 Å². The molecule has 0 aliphatic carbocycles. The second kappa shape index (κ2) is 5.06. The molecule has 0 atom stereocenters. The molecule has 0 saturated carbocycles. The van der Waals surface area contributed by atoms with Gasteiger partial charge in [0, 0.05) is 6.92 Å². The van der Waals surface area contributed by atoms with Gasteiger partial charge in [-0.3, -0.25) is 4.72 Å². The second-order valence-corrected chi connectivity index (χ2v) is 6.25. The number of fused-ring (bicyclic) bond motifs is 1. The lowest BCUT2D eigenvalue weighted by Gasteiger charge is -2.09.